The largest absolute Gasteiger partial charge is 0.458 e. The quantitative estimate of drug-likeness (QED) is 0.681. The lowest BCUT2D eigenvalue weighted by atomic mass is 9.70. The Morgan fingerprint density at radius 2 is 2.15 bits per heavy atom. The van der Waals surface area contributed by atoms with Crippen molar-refractivity contribution in [3.05, 3.63) is 20.3 Å². The van der Waals surface area contributed by atoms with Crippen molar-refractivity contribution in [2.75, 3.05) is 0 Å². The van der Waals surface area contributed by atoms with E-state index in [4.69, 9.17) is 4.74 Å². The monoisotopic (exact) mass is 356 g/mol. The number of fused-ring (bicyclic) bond motifs is 2. The molecule has 0 aromatic carbocycles. The Hall–Kier alpha value is -0.350. The van der Waals surface area contributed by atoms with Gasteiger partial charge in [-0.05, 0) is 65.1 Å². The molecule has 110 valence electrons. The molecule has 20 heavy (non-hydrogen) atoms. The van der Waals surface area contributed by atoms with Crippen LogP contribution >= 0.6 is 27.3 Å². The Labute approximate surface area is 133 Å². The summed E-state index contributed by atoms with van der Waals surface area (Å²) in [6.07, 6.45) is 3.56. The van der Waals surface area contributed by atoms with Crippen molar-refractivity contribution in [3.63, 3.8) is 0 Å². The number of carbonyl (C=O) groups excluding carboxylic acids is 1. The van der Waals surface area contributed by atoms with Crippen LogP contribution in [-0.4, -0.2) is 12.1 Å². The Balaban J connectivity index is 1.78. The van der Waals surface area contributed by atoms with Gasteiger partial charge < -0.3 is 4.74 Å². The number of carbonyl (C=O) groups is 1. The lowest BCUT2D eigenvalue weighted by Crippen LogP contribution is -2.38. The number of hydrogen-bond acceptors (Lipinski definition) is 3. The van der Waals surface area contributed by atoms with Crippen LogP contribution in [0.5, 0.6) is 0 Å². The summed E-state index contributed by atoms with van der Waals surface area (Å²) in [4.78, 5) is 13.1. The first kappa shape index (κ1) is 14.6. The third-order valence-electron chi connectivity index (χ3n) is 6.02. The van der Waals surface area contributed by atoms with E-state index in [0.29, 0.717) is 10.8 Å². The molecule has 2 nitrogen and oxygen atoms in total. The zero-order valence-electron chi connectivity index (χ0n) is 12.5. The van der Waals surface area contributed by atoms with Crippen molar-refractivity contribution in [3.8, 4) is 0 Å². The molecule has 0 spiro atoms. The van der Waals surface area contributed by atoms with Crippen molar-refractivity contribution in [2.24, 2.45) is 16.7 Å². The van der Waals surface area contributed by atoms with Crippen LogP contribution in [0.2, 0.25) is 0 Å². The molecule has 2 bridgehead atoms. The van der Waals surface area contributed by atoms with Crippen LogP contribution in [-0.2, 0) is 4.74 Å². The van der Waals surface area contributed by atoms with Crippen molar-refractivity contribution in [1.29, 1.82) is 0 Å². The van der Waals surface area contributed by atoms with E-state index in [1.54, 1.807) is 0 Å². The molecule has 1 heterocycles. The molecule has 0 radical (unpaired) electrons. The smallest absolute Gasteiger partial charge is 0.348 e. The molecule has 0 saturated heterocycles. The van der Waals surface area contributed by atoms with Gasteiger partial charge in [0, 0.05) is 5.41 Å². The number of thiophene rings is 1. The van der Waals surface area contributed by atoms with Gasteiger partial charge in [0.05, 0.1) is 3.79 Å². The number of rotatable bonds is 2. The fourth-order valence-corrected chi connectivity index (χ4v) is 5.47. The lowest BCUT2D eigenvalue weighted by molar-refractivity contribution is -0.0238. The Bertz CT molecular complexity index is 543. The minimum atomic E-state index is -0.154. The molecule has 2 fully saturated rings. The number of aryl methyl sites for hydroxylation is 1. The van der Waals surface area contributed by atoms with Gasteiger partial charge in [-0.25, -0.2) is 4.79 Å². The molecule has 2 aliphatic carbocycles. The molecular formula is C16H21BrO2S. The summed E-state index contributed by atoms with van der Waals surface area (Å²) in [6.45, 7) is 8.97. The summed E-state index contributed by atoms with van der Waals surface area (Å²) in [6, 6.07) is 1.91. The number of ether oxygens (including phenoxy) is 1. The number of esters is 1. The number of halogens is 1. The van der Waals surface area contributed by atoms with Crippen LogP contribution in [0.25, 0.3) is 0 Å². The third kappa shape index (κ3) is 1.91. The van der Waals surface area contributed by atoms with Gasteiger partial charge in [0.2, 0.25) is 0 Å². The highest BCUT2D eigenvalue weighted by atomic mass is 79.9. The summed E-state index contributed by atoms with van der Waals surface area (Å²) in [7, 11) is 0. The van der Waals surface area contributed by atoms with Gasteiger partial charge in [-0.2, -0.15) is 0 Å². The minimum Gasteiger partial charge on any atom is -0.458 e. The topological polar surface area (TPSA) is 26.3 Å². The van der Waals surface area contributed by atoms with E-state index in [-0.39, 0.29) is 22.9 Å². The minimum absolute atomic E-state index is 0.0740. The summed E-state index contributed by atoms with van der Waals surface area (Å²) >= 11 is 4.94. The molecule has 0 aliphatic heterocycles. The predicted molar refractivity (Wildman–Crippen MR) is 85.2 cm³/mol. The second-order valence-corrected chi connectivity index (χ2v) is 9.44. The van der Waals surface area contributed by atoms with Gasteiger partial charge in [0.1, 0.15) is 11.0 Å². The van der Waals surface area contributed by atoms with Crippen molar-refractivity contribution >= 4 is 33.2 Å². The maximum atomic E-state index is 12.4. The average molecular weight is 357 g/mol. The normalized spacial score (nSPS) is 34.5. The second kappa shape index (κ2) is 4.57. The van der Waals surface area contributed by atoms with Gasteiger partial charge in [-0.3, -0.25) is 0 Å². The Morgan fingerprint density at radius 1 is 1.45 bits per heavy atom. The van der Waals surface area contributed by atoms with Crippen LogP contribution in [0.1, 0.15) is 55.3 Å². The molecule has 3 unspecified atom stereocenters. The zero-order valence-corrected chi connectivity index (χ0v) is 14.9. The van der Waals surface area contributed by atoms with E-state index in [2.05, 4.69) is 36.7 Å². The molecule has 4 heteroatoms. The summed E-state index contributed by atoms with van der Waals surface area (Å²) in [5.41, 5.74) is 1.52. The van der Waals surface area contributed by atoms with Crippen LogP contribution in [0.4, 0.5) is 0 Å². The maximum Gasteiger partial charge on any atom is 0.348 e. The van der Waals surface area contributed by atoms with Crippen LogP contribution in [0, 0.1) is 23.7 Å². The SMILES string of the molecule is Cc1cc(C(=O)OC2CC3CCC2(C)C3(C)C)sc1Br. The third-order valence-corrected chi connectivity index (χ3v) is 8.14. The fraction of sp³-hybridized carbons (Fsp3) is 0.688. The first-order valence-electron chi connectivity index (χ1n) is 7.22. The highest BCUT2D eigenvalue weighted by molar-refractivity contribution is 9.11. The predicted octanol–water partition coefficient (Wildman–Crippen LogP) is 5.19. The van der Waals surface area contributed by atoms with Gasteiger partial charge in [-0.15, -0.1) is 11.3 Å². The molecule has 2 saturated carbocycles. The van der Waals surface area contributed by atoms with E-state index in [1.807, 2.05) is 13.0 Å². The Kier molecular flexibility index (Phi) is 3.33. The maximum absolute atomic E-state index is 12.4. The summed E-state index contributed by atoms with van der Waals surface area (Å²) < 4.78 is 6.91. The molecule has 0 N–H and O–H groups in total. The number of hydrogen-bond donors (Lipinski definition) is 0. The highest BCUT2D eigenvalue weighted by Gasteiger charge is 2.62. The summed E-state index contributed by atoms with van der Waals surface area (Å²) in [5.74, 6) is 0.542. The molecule has 1 aromatic rings. The van der Waals surface area contributed by atoms with Crippen LogP contribution in [0.15, 0.2) is 9.85 Å². The van der Waals surface area contributed by atoms with E-state index < -0.39 is 0 Å². The van der Waals surface area contributed by atoms with Gasteiger partial charge in [0.25, 0.3) is 0 Å². The first-order chi connectivity index (χ1) is 9.25. The van der Waals surface area contributed by atoms with Gasteiger partial charge in [0.15, 0.2) is 0 Å². The highest BCUT2D eigenvalue weighted by Crippen LogP contribution is 2.66. The van der Waals surface area contributed by atoms with Crippen molar-refractivity contribution in [1.82, 2.24) is 0 Å². The van der Waals surface area contributed by atoms with Gasteiger partial charge in [-0.1, -0.05) is 20.8 Å². The van der Waals surface area contributed by atoms with Crippen LogP contribution in [0.3, 0.4) is 0 Å². The van der Waals surface area contributed by atoms with Gasteiger partial charge >= 0.3 is 5.97 Å². The molecule has 3 atom stereocenters. The fourth-order valence-electron chi connectivity index (χ4n) is 4.06. The molecule has 0 amide bonds. The summed E-state index contributed by atoms with van der Waals surface area (Å²) in [5, 5.41) is 0. The average Bonchev–Trinajstić information content (AvgIpc) is 2.87. The van der Waals surface area contributed by atoms with Crippen molar-refractivity contribution in [2.45, 2.75) is 53.1 Å². The van der Waals surface area contributed by atoms with Crippen LogP contribution < -0.4 is 0 Å². The first-order valence-corrected chi connectivity index (χ1v) is 8.83. The lowest BCUT2D eigenvalue weighted by Gasteiger charge is -2.38. The molecule has 2 aliphatic rings. The molecular weight excluding hydrogens is 336 g/mol. The van der Waals surface area contributed by atoms with E-state index in [0.717, 1.165) is 15.8 Å². The standard InChI is InChI=1S/C16H21BrO2S/c1-9-7-11(20-13(9)17)14(18)19-12-8-10-5-6-16(12,4)15(10,2)3/h7,10,12H,5-6,8H2,1-4H3. The zero-order chi connectivity index (χ0) is 14.7. The van der Waals surface area contributed by atoms with E-state index >= 15 is 0 Å². The Morgan fingerprint density at radius 3 is 2.60 bits per heavy atom. The van der Waals surface area contributed by atoms with E-state index in [1.165, 1.54) is 24.2 Å². The van der Waals surface area contributed by atoms with E-state index in [9.17, 15) is 4.79 Å². The molecule has 1 aromatic heterocycles. The molecule has 3 rings (SSSR count). The second-order valence-electron chi connectivity index (χ2n) is 7.07. The van der Waals surface area contributed by atoms with Crippen molar-refractivity contribution < 1.29 is 9.53 Å².